The van der Waals surface area contributed by atoms with Gasteiger partial charge in [0, 0.05) is 11.1 Å². The molecule has 0 unspecified atom stereocenters. The minimum atomic E-state index is -0.518. The third-order valence-corrected chi connectivity index (χ3v) is 2.49. The zero-order valence-electron chi connectivity index (χ0n) is 11.9. The second-order valence-electron chi connectivity index (χ2n) is 5.27. The summed E-state index contributed by atoms with van der Waals surface area (Å²) in [6.45, 7) is 7.38. The van der Waals surface area contributed by atoms with Gasteiger partial charge in [-0.2, -0.15) is 0 Å². The van der Waals surface area contributed by atoms with Gasteiger partial charge in [0.2, 0.25) is 0 Å². The molecule has 0 atom stereocenters. The Kier molecular flexibility index (Phi) is 5.04. The topological polar surface area (TPSA) is 43.4 Å². The highest BCUT2D eigenvalue weighted by atomic mass is 16.6. The molecule has 1 aromatic carbocycles. The van der Waals surface area contributed by atoms with Crippen molar-refractivity contribution in [2.24, 2.45) is 0 Å². The molecule has 19 heavy (non-hydrogen) atoms. The summed E-state index contributed by atoms with van der Waals surface area (Å²) in [5.41, 5.74) is 1.34. The van der Waals surface area contributed by atoms with Crippen LogP contribution in [0.1, 0.15) is 50.0 Å². The maximum absolute atomic E-state index is 12.0. The monoisotopic (exact) mass is 260 g/mol. The smallest absolute Gasteiger partial charge is 0.334 e. The highest BCUT2D eigenvalue weighted by Gasteiger charge is 2.19. The molecule has 0 aliphatic carbocycles. The summed E-state index contributed by atoms with van der Waals surface area (Å²) in [5, 5.41) is 0. The van der Waals surface area contributed by atoms with Crippen LogP contribution in [0.3, 0.4) is 0 Å². The van der Waals surface area contributed by atoms with Gasteiger partial charge in [-0.1, -0.05) is 31.2 Å². The number of rotatable bonds is 4. The van der Waals surface area contributed by atoms with Gasteiger partial charge in [0.15, 0.2) is 6.29 Å². The van der Waals surface area contributed by atoms with Crippen molar-refractivity contribution in [1.29, 1.82) is 0 Å². The van der Waals surface area contributed by atoms with E-state index >= 15 is 0 Å². The maximum Gasteiger partial charge on any atom is 0.334 e. The fraction of sp³-hybridized carbons (Fsp3) is 0.375. The first-order valence-corrected chi connectivity index (χ1v) is 6.35. The van der Waals surface area contributed by atoms with Crippen molar-refractivity contribution in [2.75, 3.05) is 0 Å². The van der Waals surface area contributed by atoms with E-state index in [0.29, 0.717) is 17.6 Å². The Labute approximate surface area is 114 Å². The zero-order valence-corrected chi connectivity index (χ0v) is 11.9. The molecule has 0 amide bonds. The lowest BCUT2D eigenvalue weighted by Gasteiger charge is -2.20. The summed E-state index contributed by atoms with van der Waals surface area (Å²) in [5.74, 6) is -0.337. The molecule has 0 bridgehead atoms. The lowest BCUT2D eigenvalue weighted by molar-refractivity contribution is -0.149. The van der Waals surface area contributed by atoms with Crippen LogP contribution in [-0.4, -0.2) is 17.9 Å². The number of carbonyl (C=O) groups excluding carboxylic acids is 2. The van der Waals surface area contributed by atoms with Crippen LogP contribution in [0, 0.1) is 0 Å². The predicted octanol–water partition coefficient (Wildman–Crippen LogP) is 3.63. The lowest BCUT2D eigenvalue weighted by Crippen LogP contribution is -2.24. The largest absolute Gasteiger partial charge is 0.457 e. The number of hydrogen-bond acceptors (Lipinski definition) is 3. The van der Waals surface area contributed by atoms with Crippen LogP contribution in [0.15, 0.2) is 29.8 Å². The van der Waals surface area contributed by atoms with Gasteiger partial charge in [-0.15, -0.1) is 0 Å². The number of benzene rings is 1. The standard InChI is InChI=1S/C16H20O3/c1-5-12(15(18)19-16(2,3)4)10-13-8-6-7-9-14(13)11-17/h6-11H,5H2,1-4H3/b12-10+. The molecule has 0 radical (unpaired) electrons. The maximum atomic E-state index is 12.0. The molecule has 0 N–H and O–H groups in total. The summed E-state index contributed by atoms with van der Waals surface area (Å²) in [4.78, 5) is 23.0. The Morgan fingerprint density at radius 3 is 2.26 bits per heavy atom. The second-order valence-corrected chi connectivity index (χ2v) is 5.27. The minimum Gasteiger partial charge on any atom is -0.457 e. The molecular formula is C16H20O3. The average molecular weight is 260 g/mol. The molecule has 1 aromatic rings. The third-order valence-electron chi connectivity index (χ3n) is 2.49. The number of hydrogen-bond donors (Lipinski definition) is 0. The molecule has 102 valence electrons. The van der Waals surface area contributed by atoms with E-state index in [0.717, 1.165) is 11.8 Å². The van der Waals surface area contributed by atoms with Crippen molar-refractivity contribution in [1.82, 2.24) is 0 Å². The molecule has 3 nitrogen and oxygen atoms in total. The molecule has 0 fully saturated rings. The SMILES string of the molecule is CC/C(=C\c1ccccc1C=O)C(=O)OC(C)(C)C. The first kappa shape index (κ1) is 15.2. The van der Waals surface area contributed by atoms with Gasteiger partial charge < -0.3 is 4.74 Å². The summed E-state index contributed by atoms with van der Waals surface area (Å²) >= 11 is 0. The van der Waals surface area contributed by atoms with Crippen LogP contribution in [0.2, 0.25) is 0 Å². The van der Waals surface area contributed by atoms with Gasteiger partial charge in [-0.25, -0.2) is 4.79 Å². The van der Waals surface area contributed by atoms with Crippen LogP contribution in [0.4, 0.5) is 0 Å². The average Bonchev–Trinajstić information content (AvgIpc) is 2.34. The fourth-order valence-electron chi connectivity index (χ4n) is 1.59. The number of ether oxygens (including phenoxy) is 1. The van der Waals surface area contributed by atoms with Crippen LogP contribution in [0.5, 0.6) is 0 Å². The van der Waals surface area contributed by atoms with Gasteiger partial charge in [0.05, 0.1) is 0 Å². The van der Waals surface area contributed by atoms with Crippen LogP contribution >= 0.6 is 0 Å². The molecule has 0 heterocycles. The quantitative estimate of drug-likeness (QED) is 0.471. The van der Waals surface area contributed by atoms with E-state index in [2.05, 4.69) is 0 Å². The van der Waals surface area contributed by atoms with Crippen LogP contribution < -0.4 is 0 Å². The predicted molar refractivity (Wildman–Crippen MR) is 75.9 cm³/mol. The summed E-state index contributed by atoms with van der Waals surface area (Å²) in [7, 11) is 0. The Balaban J connectivity index is 3.05. The third kappa shape index (κ3) is 4.70. The molecular weight excluding hydrogens is 240 g/mol. The Hall–Kier alpha value is -1.90. The van der Waals surface area contributed by atoms with Crippen molar-refractivity contribution < 1.29 is 14.3 Å². The Morgan fingerprint density at radius 2 is 1.79 bits per heavy atom. The molecule has 3 heteroatoms. The summed E-state index contributed by atoms with van der Waals surface area (Å²) < 4.78 is 5.34. The lowest BCUT2D eigenvalue weighted by atomic mass is 10.0. The second kappa shape index (κ2) is 6.32. The normalized spacial score (nSPS) is 12.1. The fourth-order valence-corrected chi connectivity index (χ4v) is 1.59. The molecule has 1 rings (SSSR count). The Bertz CT molecular complexity index is 493. The molecule has 0 spiro atoms. The Morgan fingerprint density at radius 1 is 1.21 bits per heavy atom. The van der Waals surface area contributed by atoms with Gasteiger partial charge in [0.1, 0.15) is 5.60 Å². The summed E-state index contributed by atoms with van der Waals surface area (Å²) in [6, 6.07) is 7.16. The molecule has 0 saturated heterocycles. The number of esters is 1. The van der Waals surface area contributed by atoms with E-state index in [9.17, 15) is 9.59 Å². The first-order valence-electron chi connectivity index (χ1n) is 6.35. The van der Waals surface area contributed by atoms with Gasteiger partial charge in [0.25, 0.3) is 0 Å². The van der Waals surface area contributed by atoms with E-state index in [-0.39, 0.29) is 5.97 Å². The van der Waals surface area contributed by atoms with E-state index in [1.165, 1.54) is 0 Å². The number of carbonyl (C=O) groups is 2. The van der Waals surface area contributed by atoms with E-state index < -0.39 is 5.60 Å². The van der Waals surface area contributed by atoms with Crippen molar-refractivity contribution >= 4 is 18.3 Å². The van der Waals surface area contributed by atoms with Crippen LogP contribution in [0.25, 0.3) is 6.08 Å². The molecule has 0 aliphatic rings. The highest BCUT2D eigenvalue weighted by molar-refractivity contribution is 5.95. The van der Waals surface area contributed by atoms with E-state index in [4.69, 9.17) is 4.74 Å². The van der Waals surface area contributed by atoms with Crippen molar-refractivity contribution in [3.63, 3.8) is 0 Å². The molecule has 0 saturated carbocycles. The van der Waals surface area contributed by atoms with Crippen LogP contribution in [-0.2, 0) is 9.53 Å². The summed E-state index contributed by atoms with van der Waals surface area (Å²) in [6.07, 6.45) is 3.06. The highest BCUT2D eigenvalue weighted by Crippen LogP contribution is 2.17. The van der Waals surface area contributed by atoms with Gasteiger partial charge >= 0.3 is 5.97 Å². The van der Waals surface area contributed by atoms with Crippen molar-refractivity contribution in [2.45, 2.75) is 39.7 Å². The first-order chi connectivity index (χ1) is 8.87. The number of aldehydes is 1. The van der Waals surface area contributed by atoms with Gasteiger partial charge in [-0.05, 0) is 38.8 Å². The zero-order chi connectivity index (χ0) is 14.5. The van der Waals surface area contributed by atoms with Gasteiger partial charge in [-0.3, -0.25) is 4.79 Å². The van der Waals surface area contributed by atoms with E-state index in [1.807, 2.05) is 39.8 Å². The minimum absolute atomic E-state index is 0.337. The van der Waals surface area contributed by atoms with Crippen molar-refractivity contribution in [3.05, 3.63) is 41.0 Å². The van der Waals surface area contributed by atoms with E-state index in [1.54, 1.807) is 18.2 Å². The molecule has 0 aromatic heterocycles. The molecule has 0 aliphatic heterocycles. The van der Waals surface area contributed by atoms with Crippen molar-refractivity contribution in [3.8, 4) is 0 Å².